The number of hydrogen-bond donors (Lipinski definition) is 2. The highest BCUT2D eigenvalue weighted by Gasteiger charge is 2.15. The molecule has 0 atom stereocenters. The van der Waals surface area contributed by atoms with E-state index < -0.39 is 0 Å². The van der Waals surface area contributed by atoms with Gasteiger partial charge in [-0.25, -0.2) is 15.0 Å². The molecule has 5 rings (SSSR count). The second-order valence-corrected chi connectivity index (χ2v) is 6.51. The van der Waals surface area contributed by atoms with Crippen molar-refractivity contribution in [2.45, 2.75) is 13.5 Å². The number of benzene rings is 1. The molecule has 0 aliphatic carbocycles. The van der Waals surface area contributed by atoms with E-state index in [1.165, 1.54) is 27.8 Å². The topological polar surface area (TPSA) is 70.9 Å². The van der Waals surface area contributed by atoms with Crippen LogP contribution in [-0.2, 0) is 6.54 Å². The van der Waals surface area contributed by atoms with Crippen LogP contribution in [0.5, 0.6) is 0 Å². The first-order valence-corrected chi connectivity index (χ1v) is 8.84. The monoisotopic (exact) mass is 354 g/mol. The average molecular weight is 354 g/mol. The van der Waals surface area contributed by atoms with Crippen LogP contribution >= 0.6 is 0 Å². The summed E-state index contributed by atoms with van der Waals surface area (Å²) in [7, 11) is 0. The molecule has 0 saturated carbocycles. The SMILES string of the molecule is Cc1ccccc1-c1c(CNc2ncnc3[nH]cnc23)cn2ccccc12. The van der Waals surface area contributed by atoms with Gasteiger partial charge >= 0.3 is 0 Å². The number of hydrogen-bond acceptors (Lipinski definition) is 4. The molecule has 0 fully saturated rings. The fourth-order valence-corrected chi connectivity index (χ4v) is 3.55. The number of aromatic amines is 1. The van der Waals surface area contributed by atoms with E-state index >= 15 is 0 Å². The van der Waals surface area contributed by atoms with Crippen molar-refractivity contribution in [3.63, 3.8) is 0 Å². The molecule has 5 aromatic rings. The maximum atomic E-state index is 4.36. The molecule has 0 saturated heterocycles. The molecule has 6 nitrogen and oxygen atoms in total. The second-order valence-electron chi connectivity index (χ2n) is 6.51. The van der Waals surface area contributed by atoms with E-state index in [-0.39, 0.29) is 0 Å². The third kappa shape index (κ3) is 2.62. The number of nitrogens with zero attached hydrogens (tertiary/aromatic N) is 4. The van der Waals surface area contributed by atoms with Gasteiger partial charge in [0.1, 0.15) is 11.8 Å². The first kappa shape index (κ1) is 15.6. The van der Waals surface area contributed by atoms with Crippen molar-refractivity contribution >= 4 is 22.5 Å². The van der Waals surface area contributed by atoms with Crippen LogP contribution in [0, 0.1) is 6.92 Å². The maximum Gasteiger partial charge on any atom is 0.162 e. The zero-order chi connectivity index (χ0) is 18.2. The predicted molar refractivity (Wildman–Crippen MR) is 107 cm³/mol. The number of rotatable bonds is 4. The molecule has 27 heavy (non-hydrogen) atoms. The van der Waals surface area contributed by atoms with E-state index in [1.807, 2.05) is 6.07 Å². The molecule has 4 heterocycles. The van der Waals surface area contributed by atoms with Gasteiger partial charge in [-0.2, -0.15) is 0 Å². The summed E-state index contributed by atoms with van der Waals surface area (Å²) < 4.78 is 2.17. The number of imidazole rings is 1. The zero-order valence-corrected chi connectivity index (χ0v) is 14.8. The van der Waals surface area contributed by atoms with Crippen LogP contribution in [0.4, 0.5) is 5.82 Å². The highest BCUT2D eigenvalue weighted by atomic mass is 15.1. The molecule has 0 aliphatic heterocycles. The zero-order valence-electron chi connectivity index (χ0n) is 14.8. The Morgan fingerprint density at radius 2 is 1.93 bits per heavy atom. The van der Waals surface area contributed by atoms with Gasteiger partial charge < -0.3 is 14.7 Å². The summed E-state index contributed by atoms with van der Waals surface area (Å²) in [5, 5.41) is 3.43. The van der Waals surface area contributed by atoms with Crippen LogP contribution in [0.1, 0.15) is 11.1 Å². The second kappa shape index (κ2) is 6.25. The minimum Gasteiger partial charge on any atom is -0.364 e. The van der Waals surface area contributed by atoms with E-state index in [9.17, 15) is 0 Å². The van der Waals surface area contributed by atoms with Crippen molar-refractivity contribution < 1.29 is 0 Å². The lowest BCUT2D eigenvalue weighted by Gasteiger charge is -2.10. The molecule has 0 spiro atoms. The van der Waals surface area contributed by atoms with Gasteiger partial charge in [0.05, 0.1) is 11.8 Å². The standard InChI is InChI=1S/C21H18N6/c1-14-6-2-3-7-16(14)18-15(11-27-9-5-4-8-17(18)27)10-22-20-19-21(24-12-23-19)26-13-25-20/h2-9,11-13H,10H2,1H3,(H2,22,23,24,25,26). The van der Waals surface area contributed by atoms with Crippen LogP contribution < -0.4 is 5.32 Å². The summed E-state index contributed by atoms with van der Waals surface area (Å²) in [4.78, 5) is 15.9. The number of nitrogens with one attached hydrogen (secondary N) is 2. The first-order valence-electron chi connectivity index (χ1n) is 8.84. The van der Waals surface area contributed by atoms with Gasteiger partial charge in [0.15, 0.2) is 11.5 Å². The summed E-state index contributed by atoms with van der Waals surface area (Å²) >= 11 is 0. The molecule has 0 radical (unpaired) electrons. The van der Waals surface area contributed by atoms with Gasteiger partial charge in [-0.15, -0.1) is 0 Å². The third-order valence-electron chi connectivity index (χ3n) is 4.84. The predicted octanol–water partition coefficient (Wildman–Crippen LogP) is 4.19. The number of aryl methyl sites for hydroxylation is 1. The molecule has 132 valence electrons. The van der Waals surface area contributed by atoms with E-state index in [2.05, 4.69) is 85.4 Å². The summed E-state index contributed by atoms with van der Waals surface area (Å²) in [5.74, 6) is 0.729. The van der Waals surface area contributed by atoms with E-state index in [0.717, 1.165) is 17.0 Å². The van der Waals surface area contributed by atoms with E-state index in [0.29, 0.717) is 6.54 Å². The molecule has 4 aromatic heterocycles. The van der Waals surface area contributed by atoms with Crippen molar-refractivity contribution in [2.24, 2.45) is 0 Å². The smallest absolute Gasteiger partial charge is 0.162 e. The number of H-pyrrole nitrogens is 1. The van der Waals surface area contributed by atoms with E-state index in [1.54, 1.807) is 12.7 Å². The maximum absolute atomic E-state index is 4.36. The van der Waals surface area contributed by atoms with Crippen LogP contribution in [0.15, 0.2) is 67.5 Å². The van der Waals surface area contributed by atoms with Gasteiger partial charge in [-0.05, 0) is 35.7 Å². The highest BCUT2D eigenvalue weighted by Crippen LogP contribution is 2.33. The van der Waals surface area contributed by atoms with Gasteiger partial charge in [-0.1, -0.05) is 30.3 Å². The Morgan fingerprint density at radius 3 is 2.85 bits per heavy atom. The average Bonchev–Trinajstić information content (AvgIpc) is 3.31. The summed E-state index contributed by atoms with van der Waals surface area (Å²) in [5.41, 5.74) is 7.62. The summed E-state index contributed by atoms with van der Waals surface area (Å²) in [6, 6.07) is 14.8. The molecule has 0 amide bonds. The molecular weight excluding hydrogens is 336 g/mol. The number of pyridine rings is 1. The Balaban J connectivity index is 1.60. The van der Waals surface area contributed by atoms with Crippen LogP contribution in [0.25, 0.3) is 27.8 Å². The Hall–Kier alpha value is -3.67. The highest BCUT2D eigenvalue weighted by molar-refractivity contribution is 5.86. The number of anilines is 1. The minimum absolute atomic E-state index is 0.643. The Morgan fingerprint density at radius 1 is 1.04 bits per heavy atom. The third-order valence-corrected chi connectivity index (χ3v) is 4.84. The normalized spacial score (nSPS) is 11.3. The quantitative estimate of drug-likeness (QED) is 0.508. The van der Waals surface area contributed by atoms with Gasteiger partial charge in [0, 0.05) is 24.5 Å². The summed E-state index contributed by atoms with van der Waals surface area (Å²) in [6.45, 7) is 2.79. The molecule has 0 bridgehead atoms. The lowest BCUT2D eigenvalue weighted by atomic mass is 9.98. The molecular formula is C21H18N6. The van der Waals surface area contributed by atoms with Crippen molar-refractivity contribution in [3.8, 4) is 11.1 Å². The first-order chi connectivity index (χ1) is 13.3. The van der Waals surface area contributed by atoms with Crippen LogP contribution in [0.2, 0.25) is 0 Å². The van der Waals surface area contributed by atoms with Gasteiger partial charge in [0.2, 0.25) is 0 Å². The Labute approximate surface area is 155 Å². The van der Waals surface area contributed by atoms with Crippen LogP contribution in [-0.4, -0.2) is 24.3 Å². The molecule has 0 unspecified atom stereocenters. The minimum atomic E-state index is 0.643. The number of aromatic nitrogens is 5. The Kier molecular flexibility index (Phi) is 3.60. The fourth-order valence-electron chi connectivity index (χ4n) is 3.55. The lowest BCUT2D eigenvalue weighted by molar-refractivity contribution is 1.09. The summed E-state index contributed by atoms with van der Waals surface area (Å²) in [6.07, 6.45) is 7.43. The lowest BCUT2D eigenvalue weighted by Crippen LogP contribution is -2.03. The van der Waals surface area contributed by atoms with E-state index in [4.69, 9.17) is 0 Å². The Bertz CT molecular complexity index is 1250. The van der Waals surface area contributed by atoms with Gasteiger partial charge in [0.25, 0.3) is 0 Å². The molecule has 1 aromatic carbocycles. The molecule has 2 N–H and O–H groups in total. The fraction of sp³-hybridized carbons (Fsp3) is 0.0952. The molecule has 6 heteroatoms. The largest absolute Gasteiger partial charge is 0.364 e. The van der Waals surface area contributed by atoms with Crippen LogP contribution in [0.3, 0.4) is 0 Å². The number of fused-ring (bicyclic) bond motifs is 2. The molecule has 0 aliphatic rings. The van der Waals surface area contributed by atoms with Crippen molar-refractivity contribution in [3.05, 3.63) is 78.6 Å². The van der Waals surface area contributed by atoms with Crippen molar-refractivity contribution in [1.29, 1.82) is 0 Å². The van der Waals surface area contributed by atoms with Crippen molar-refractivity contribution in [2.75, 3.05) is 5.32 Å². The van der Waals surface area contributed by atoms with Gasteiger partial charge in [-0.3, -0.25) is 0 Å². The van der Waals surface area contributed by atoms with Crippen molar-refractivity contribution in [1.82, 2.24) is 24.3 Å².